The number of nitrogens with one attached hydrogen (secondary N) is 1. The van der Waals surface area contributed by atoms with Gasteiger partial charge in [-0.15, -0.1) is 0 Å². The predicted molar refractivity (Wildman–Crippen MR) is 137 cm³/mol. The Labute approximate surface area is 216 Å². The van der Waals surface area contributed by atoms with Crippen LogP contribution in [0.4, 0.5) is 18.9 Å². The number of alkyl halides is 3. The Balaban J connectivity index is 1.66. The number of halogens is 4. The fourth-order valence-corrected chi connectivity index (χ4v) is 5.04. The maximum atomic E-state index is 13.5. The van der Waals surface area contributed by atoms with Gasteiger partial charge in [-0.05, 0) is 72.9 Å². The summed E-state index contributed by atoms with van der Waals surface area (Å²) < 4.78 is 47.4. The van der Waals surface area contributed by atoms with Gasteiger partial charge in [0, 0.05) is 29.5 Å². The average molecular weight is 529 g/mol. The maximum Gasteiger partial charge on any atom is 0.416 e. The van der Waals surface area contributed by atoms with Crippen molar-refractivity contribution in [1.29, 1.82) is 0 Å². The van der Waals surface area contributed by atoms with Crippen LogP contribution in [-0.2, 0) is 6.18 Å². The lowest BCUT2D eigenvalue weighted by Crippen LogP contribution is -2.30. The van der Waals surface area contributed by atoms with Crippen molar-refractivity contribution in [2.75, 3.05) is 12.0 Å². The highest BCUT2D eigenvalue weighted by atomic mass is 35.5. The first-order chi connectivity index (χ1) is 17.3. The molecule has 2 aromatic heterocycles. The van der Waals surface area contributed by atoms with Crippen LogP contribution in [0.5, 0.6) is 5.75 Å². The van der Waals surface area contributed by atoms with E-state index in [0.717, 1.165) is 23.5 Å². The van der Waals surface area contributed by atoms with Gasteiger partial charge in [0.2, 0.25) is 0 Å². The molecule has 1 aliphatic heterocycles. The van der Waals surface area contributed by atoms with Gasteiger partial charge in [-0.3, -0.25) is 4.98 Å². The Kier molecular flexibility index (Phi) is 6.36. The molecule has 0 unspecified atom stereocenters. The predicted octanol–water partition coefficient (Wildman–Crippen LogP) is 6.73. The Hall–Kier alpha value is -3.56. The molecule has 0 radical (unpaired) electrons. The van der Waals surface area contributed by atoms with Crippen LogP contribution in [0, 0.1) is 0 Å². The molecule has 184 valence electrons. The van der Waals surface area contributed by atoms with E-state index in [4.69, 9.17) is 28.6 Å². The Bertz CT molecular complexity index is 1410. The van der Waals surface area contributed by atoms with Crippen molar-refractivity contribution in [3.8, 4) is 11.4 Å². The number of benzene rings is 2. The number of hydrogen-bond acceptors (Lipinski definition) is 3. The largest absolute Gasteiger partial charge is 0.495 e. The van der Waals surface area contributed by atoms with Crippen LogP contribution in [0.2, 0.25) is 5.02 Å². The molecule has 1 aliphatic rings. The van der Waals surface area contributed by atoms with Crippen LogP contribution < -0.4 is 15.0 Å². The van der Waals surface area contributed by atoms with Crippen molar-refractivity contribution in [2.45, 2.75) is 18.3 Å². The summed E-state index contributed by atoms with van der Waals surface area (Å²) in [6, 6.07) is 19.0. The van der Waals surface area contributed by atoms with E-state index in [9.17, 15) is 13.2 Å². The van der Waals surface area contributed by atoms with Crippen molar-refractivity contribution < 1.29 is 17.9 Å². The van der Waals surface area contributed by atoms with Crippen LogP contribution in [0.25, 0.3) is 5.69 Å². The minimum absolute atomic E-state index is 0.376. The highest BCUT2D eigenvalue weighted by Crippen LogP contribution is 2.44. The number of aromatic nitrogens is 2. The zero-order chi connectivity index (χ0) is 25.4. The lowest BCUT2D eigenvalue weighted by Gasteiger charge is -2.29. The number of anilines is 1. The molecule has 5 rings (SSSR count). The molecule has 0 aliphatic carbocycles. The highest BCUT2D eigenvalue weighted by Gasteiger charge is 2.42. The standard InChI is InChI=1S/C26H20ClF3N4OS/c1-35-22-11-10-18(15-19(22)27)34-24(23(32-25(34)36)20-8-2-3-12-31-20)21-9-5-13-33(21)17-7-4-6-16(14-17)26(28,29)30/h2-15,23-24H,1H3,(H,32,36)/t23-,24+/m1/s1. The van der Waals surface area contributed by atoms with E-state index in [1.165, 1.54) is 13.2 Å². The molecular formula is C26H20ClF3N4OS. The third kappa shape index (κ3) is 4.40. The minimum atomic E-state index is -4.46. The van der Waals surface area contributed by atoms with Gasteiger partial charge >= 0.3 is 6.18 Å². The first-order valence-corrected chi connectivity index (χ1v) is 11.8. The second kappa shape index (κ2) is 9.48. The lowest BCUT2D eigenvalue weighted by molar-refractivity contribution is -0.137. The van der Waals surface area contributed by atoms with Crippen LogP contribution in [0.15, 0.2) is 85.2 Å². The summed E-state index contributed by atoms with van der Waals surface area (Å²) in [6.45, 7) is 0. The van der Waals surface area contributed by atoms with Crippen LogP contribution in [-0.4, -0.2) is 21.8 Å². The quantitative estimate of drug-likeness (QED) is 0.291. The normalized spacial score (nSPS) is 17.8. The number of ether oxygens (including phenoxy) is 1. The number of hydrogen-bond donors (Lipinski definition) is 1. The van der Waals surface area contributed by atoms with Crippen molar-refractivity contribution in [2.24, 2.45) is 0 Å². The fourth-order valence-electron chi connectivity index (χ4n) is 4.44. The summed E-state index contributed by atoms with van der Waals surface area (Å²) in [7, 11) is 1.53. The van der Waals surface area contributed by atoms with Gasteiger partial charge in [0.25, 0.3) is 0 Å². The Morgan fingerprint density at radius 3 is 2.53 bits per heavy atom. The van der Waals surface area contributed by atoms with Gasteiger partial charge in [0.15, 0.2) is 5.11 Å². The van der Waals surface area contributed by atoms with Gasteiger partial charge in [0.1, 0.15) is 11.8 Å². The summed E-state index contributed by atoms with van der Waals surface area (Å²) in [4.78, 5) is 6.43. The van der Waals surface area contributed by atoms with Crippen molar-refractivity contribution in [3.63, 3.8) is 0 Å². The summed E-state index contributed by atoms with van der Waals surface area (Å²) in [5.74, 6) is 0.517. The second-order valence-corrected chi connectivity index (χ2v) is 8.96. The number of thiocarbonyl (C=S) groups is 1. The van der Waals surface area contributed by atoms with Crippen molar-refractivity contribution in [3.05, 3.63) is 107 Å². The molecule has 1 saturated heterocycles. The van der Waals surface area contributed by atoms with E-state index in [2.05, 4.69) is 10.3 Å². The van der Waals surface area contributed by atoms with Crippen molar-refractivity contribution >= 4 is 34.6 Å². The smallest absolute Gasteiger partial charge is 0.416 e. The number of pyridine rings is 1. The van der Waals surface area contributed by atoms with Crippen LogP contribution in [0.1, 0.15) is 29.0 Å². The Morgan fingerprint density at radius 1 is 1.00 bits per heavy atom. The van der Waals surface area contributed by atoms with Gasteiger partial charge in [-0.1, -0.05) is 23.7 Å². The molecular weight excluding hydrogens is 509 g/mol. The molecule has 1 fully saturated rings. The van der Waals surface area contributed by atoms with E-state index < -0.39 is 17.8 Å². The third-order valence-corrected chi connectivity index (χ3v) is 6.66. The fraction of sp³-hybridized carbons (Fsp3) is 0.154. The summed E-state index contributed by atoms with van der Waals surface area (Å²) >= 11 is 12.2. The first kappa shape index (κ1) is 24.1. The molecule has 0 spiro atoms. The summed E-state index contributed by atoms with van der Waals surface area (Å²) in [6.07, 6.45) is -1.03. The van der Waals surface area contributed by atoms with E-state index >= 15 is 0 Å². The minimum Gasteiger partial charge on any atom is -0.495 e. The topological polar surface area (TPSA) is 42.3 Å². The Morgan fingerprint density at radius 2 is 1.83 bits per heavy atom. The highest BCUT2D eigenvalue weighted by molar-refractivity contribution is 7.80. The maximum absolute atomic E-state index is 13.5. The van der Waals surface area contributed by atoms with Gasteiger partial charge < -0.3 is 19.5 Å². The van der Waals surface area contributed by atoms with Gasteiger partial charge in [-0.25, -0.2) is 0 Å². The number of nitrogens with zero attached hydrogens (tertiary/aromatic N) is 3. The number of methoxy groups -OCH3 is 1. The molecule has 2 atom stereocenters. The second-order valence-electron chi connectivity index (χ2n) is 8.17. The monoisotopic (exact) mass is 528 g/mol. The van der Waals surface area contributed by atoms with E-state index in [0.29, 0.717) is 27.3 Å². The molecule has 1 N–H and O–H groups in total. The van der Waals surface area contributed by atoms with Crippen LogP contribution in [0.3, 0.4) is 0 Å². The van der Waals surface area contributed by atoms with Gasteiger partial charge in [-0.2, -0.15) is 13.2 Å². The third-order valence-electron chi connectivity index (χ3n) is 6.05. The molecule has 2 aromatic carbocycles. The van der Waals surface area contributed by atoms with E-state index in [1.54, 1.807) is 41.2 Å². The van der Waals surface area contributed by atoms with Crippen LogP contribution >= 0.6 is 23.8 Å². The number of rotatable bonds is 5. The van der Waals surface area contributed by atoms with E-state index in [-0.39, 0.29) is 6.04 Å². The lowest BCUT2D eigenvalue weighted by atomic mass is 10.0. The molecule has 36 heavy (non-hydrogen) atoms. The summed E-state index contributed by atoms with van der Waals surface area (Å²) in [5.41, 5.74) is 1.83. The van der Waals surface area contributed by atoms with Crippen molar-refractivity contribution in [1.82, 2.24) is 14.9 Å². The first-order valence-electron chi connectivity index (χ1n) is 11.0. The zero-order valence-electron chi connectivity index (χ0n) is 18.9. The SMILES string of the molecule is COc1ccc(N2C(=S)N[C@H](c3ccccn3)[C@@H]2c2cccn2-c2cccc(C(F)(F)F)c2)cc1Cl. The molecule has 0 saturated carbocycles. The molecule has 0 amide bonds. The summed E-state index contributed by atoms with van der Waals surface area (Å²) in [5, 5.41) is 4.19. The molecule has 3 heterocycles. The molecule has 0 bridgehead atoms. The zero-order valence-corrected chi connectivity index (χ0v) is 20.5. The average Bonchev–Trinajstić information content (AvgIpc) is 3.48. The van der Waals surface area contributed by atoms with E-state index in [1.807, 2.05) is 35.2 Å². The molecule has 4 aromatic rings. The molecule has 5 nitrogen and oxygen atoms in total. The van der Waals surface area contributed by atoms with Gasteiger partial charge in [0.05, 0.1) is 29.4 Å². The molecule has 10 heteroatoms.